The maximum absolute atomic E-state index is 14.6. The summed E-state index contributed by atoms with van der Waals surface area (Å²) in [6.07, 6.45) is -0.278. The molecular weight excluding hydrogens is 477 g/mol. The first-order valence-electron chi connectivity index (χ1n) is 11.5. The number of fused-ring (bicyclic) bond motifs is 1. The molecule has 0 atom stereocenters. The van der Waals surface area contributed by atoms with Crippen molar-refractivity contribution < 1.29 is 23.6 Å². The van der Waals surface area contributed by atoms with Gasteiger partial charge in [-0.3, -0.25) is 19.1 Å². The molecule has 0 aliphatic heterocycles. The average molecular weight is 499 g/mol. The highest BCUT2D eigenvalue weighted by Crippen LogP contribution is 2.36. The summed E-state index contributed by atoms with van der Waals surface area (Å²) >= 11 is 0. The summed E-state index contributed by atoms with van der Waals surface area (Å²) in [5.41, 5.74) is 2.93. The number of Topliss-reactive ketones (excluding diaryl/α,β-unsaturated/α-hetero) is 2. The SMILES string of the molecule is CN(Cc1ccccc1)c1cc(F)cc2c1CC(=O)C(C(=O)Cc1ccc(-c3noc(=O)[nH]3)cc1)=C2O. The number of aromatic nitrogens is 2. The van der Waals surface area contributed by atoms with Crippen molar-refractivity contribution in [2.75, 3.05) is 11.9 Å². The Morgan fingerprint density at radius 2 is 1.81 bits per heavy atom. The van der Waals surface area contributed by atoms with E-state index in [9.17, 15) is 23.9 Å². The molecule has 0 amide bonds. The van der Waals surface area contributed by atoms with Crippen LogP contribution in [0, 0.1) is 5.82 Å². The van der Waals surface area contributed by atoms with E-state index in [-0.39, 0.29) is 29.8 Å². The Bertz CT molecular complexity index is 1590. The lowest BCUT2D eigenvalue weighted by atomic mass is 9.85. The molecule has 9 heteroatoms. The molecule has 0 fully saturated rings. The van der Waals surface area contributed by atoms with E-state index in [0.29, 0.717) is 28.9 Å². The van der Waals surface area contributed by atoms with E-state index >= 15 is 0 Å². The zero-order chi connectivity index (χ0) is 26.1. The Hall–Kier alpha value is -4.79. The molecule has 0 saturated heterocycles. The van der Waals surface area contributed by atoms with E-state index in [1.165, 1.54) is 6.07 Å². The van der Waals surface area contributed by atoms with Crippen LogP contribution in [0.3, 0.4) is 0 Å². The van der Waals surface area contributed by atoms with Crippen LogP contribution < -0.4 is 10.7 Å². The van der Waals surface area contributed by atoms with Crippen LogP contribution in [0.25, 0.3) is 17.1 Å². The summed E-state index contributed by atoms with van der Waals surface area (Å²) < 4.78 is 19.1. The molecule has 1 aliphatic rings. The number of ketones is 2. The molecule has 4 aromatic rings. The summed E-state index contributed by atoms with van der Waals surface area (Å²) in [4.78, 5) is 41.5. The number of carbonyl (C=O) groups is 2. The Balaban J connectivity index is 1.42. The Kier molecular flexibility index (Phi) is 6.27. The van der Waals surface area contributed by atoms with Gasteiger partial charge in [0.05, 0.1) is 0 Å². The van der Waals surface area contributed by atoms with Gasteiger partial charge in [-0.05, 0) is 28.8 Å². The normalized spacial score (nSPS) is 13.0. The van der Waals surface area contributed by atoms with Crippen LogP contribution in [0.5, 0.6) is 0 Å². The van der Waals surface area contributed by atoms with Gasteiger partial charge >= 0.3 is 5.76 Å². The Labute approximate surface area is 210 Å². The van der Waals surface area contributed by atoms with Crippen LogP contribution in [0.4, 0.5) is 10.1 Å². The number of carbonyl (C=O) groups excluding carboxylic acids is 2. The van der Waals surface area contributed by atoms with Gasteiger partial charge in [0, 0.05) is 43.2 Å². The second kappa shape index (κ2) is 9.69. The Morgan fingerprint density at radius 3 is 2.49 bits per heavy atom. The molecular formula is C28H22FN3O5. The van der Waals surface area contributed by atoms with Crippen molar-refractivity contribution >= 4 is 23.0 Å². The molecule has 186 valence electrons. The zero-order valence-electron chi connectivity index (χ0n) is 19.8. The number of nitrogens with one attached hydrogen (secondary N) is 1. The molecule has 1 heterocycles. The lowest BCUT2D eigenvalue weighted by Gasteiger charge is -2.27. The number of allylic oxidation sites excluding steroid dienone is 1. The van der Waals surface area contributed by atoms with E-state index < -0.39 is 28.9 Å². The van der Waals surface area contributed by atoms with Crippen molar-refractivity contribution in [2.45, 2.75) is 19.4 Å². The number of anilines is 1. The molecule has 5 rings (SSSR count). The molecule has 8 nitrogen and oxygen atoms in total. The summed E-state index contributed by atoms with van der Waals surface area (Å²) in [6.45, 7) is 0.472. The molecule has 0 unspecified atom stereocenters. The van der Waals surface area contributed by atoms with Crippen LogP contribution in [0.15, 0.2) is 81.6 Å². The third-order valence-electron chi connectivity index (χ3n) is 6.28. The first-order valence-corrected chi connectivity index (χ1v) is 11.5. The number of aliphatic hydroxyl groups excluding tert-OH is 1. The molecule has 0 spiro atoms. The standard InChI is InChI=1S/C28H22FN3O5/c1-32(15-17-5-3-2-4-6-17)22-13-19(29)12-21-20(22)14-24(34)25(26(21)35)23(33)11-16-7-9-18(10-8-16)27-30-28(36)37-31-27/h2-10,12-13,35H,11,14-15H2,1H3,(H,30,31,36). The van der Waals surface area contributed by atoms with Gasteiger partial charge in [-0.25, -0.2) is 9.18 Å². The molecule has 3 aromatic carbocycles. The van der Waals surface area contributed by atoms with Crippen LogP contribution in [0.1, 0.15) is 22.3 Å². The predicted octanol–water partition coefficient (Wildman–Crippen LogP) is 4.01. The fourth-order valence-corrected chi connectivity index (χ4v) is 4.51. The quantitative estimate of drug-likeness (QED) is 0.369. The molecule has 1 aromatic heterocycles. The van der Waals surface area contributed by atoms with Gasteiger partial charge in [0.25, 0.3) is 0 Å². The highest BCUT2D eigenvalue weighted by Gasteiger charge is 2.32. The van der Waals surface area contributed by atoms with Gasteiger partial charge < -0.3 is 10.0 Å². The number of H-pyrrole nitrogens is 1. The minimum atomic E-state index is -0.682. The van der Waals surface area contributed by atoms with Gasteiger partial charge in [-0.15, -0.1) is 0 Å². The fourth-order valence-electron chi connectivity index (χ4n) is 4.51. The van der Waals surface area contributed by atoms with Gasteiger partial charge in [0.15, 0.2) is 17.4 Å². The van der Waals surface area contributed by atoms with Gasteiger partial charge in [0.2, 0.25) is 0 Å². The largest absolute Gasteiger partial charge is 0.506 e. The van der Waals surface area contributed by atoms with Crippen LogP contribution >= 0.6 is 0 Å². The second-order valence-corrected chi connectivity index (χ2v) is 8.86. The highest BCUT2D eigenvalue weighted by atomic mass is 19.1. The average Bonchev–Trinajstić information content (AvgIpc) is 3.31. The topological polar surface area (TPSA) is 117 Å². The maximum atomic E-state index is 14.6. The lowest BCUT2D eigenvalue weighted by Crippen LogP contribution is -2.26. The van der Waals surface area contributed by atoms with E-state index in [0.717, 1.165) is 11.6 Å². The number of halogens is 1. The van der Waals surface area contributed by atoms with E-state index in [1.54, 1.807) is 31.3 Å². The molecule has 37 heavy (non-hydrogen) atoms. The van der Waals surface area contributed by atoms with Crippen molar-refractivity contribution in [3.05, 3.63) is 111 Å². The van der Waals surface area contributed by atoms with Crippen molar-refractivity contribution in [1.29, 1.82) is 0 Å². The number of rotatable bonds is 7. The van der Waals surface area contributed by atoms with Crippen molar-refractivity contribution in [1.82, 2.24) is 10.1 Å². The molecule has 2 N–H and O–H groups in total. The smallest absolute Gasteiger partial charge is 0.439 e. The number of nitrogens with zero attached hydrogens (tertiary/aromatic N) is 2. The predicted molar refractivity (Wildman–Crippen MR) is 134 cm³/mol. The van der Waals surface area contributed by atoms with Gasteiger partial charge in [0.1, 0.15) is 17.1 Å². The molecule has 0 bridgehead atoms. The van der Waals surface area contributed by atoms with Crippen LogP contribution in [0.2, 0.25) is 0 Å². The number of benzene rings is 3. The van der Waals surface area contributed by atoms with Crippen molar-refractivity contribution in [3.63, 3.8) is 0 Å². The van der Waals surface area contributed by atoms with Crippen molar-refractivity contribution in [3.8, 4) is 11.4 Å². The van der Waals surface area contributed by atoms with E-state index in [4.69, 9.17) is 0 Å². The summed E-state index contributed by atoms with van der Waals surface area (Å²) in [6, 6.07) is 18.7. The van der Waals surface area contributed by atoms with Crippen LogP contribution in [-0.2, 0) is 29.0 Å². The number of aromatic amines is 1. The monoisotopic (exact) mass is 499 g/mol. The zero-order valence-corrected chi connectivity index (χ0v) is 19.8. The minimum absolute atomic E-state index is 0.131. The van der Waals surface area contributed by atoms with Gasteiger partial charge in [-0.1, -0.05) is 59.8 Å². The lowest BCUT2D eigenvalue weighted by molar-refractivity contribution is -0.120. The number of aliphatic hydroxyl groups is 1. The summed E-state index contributed by atoms with van der Waals surface area (Å²) in [5, 5.41) is 14.6. The molecule has 0 saturated carbocycles. The minimum Gasteiger partial charge on any atom is -0.506 e. The van der Waals surface area contributed by atoms with Crippen molar-refractivity contribution in [2.24, 2.45) is 0 Å². The van der Waals surface area contributed by atoms with E-state index in [1.807, 2.05) is 35.2 Å². The van der Waals surface area contributed by atoms with Crippen LogP contribution in [-0.4, -0.2) is 33.9 Å². The van der Waals surface area contributed by atoms with E-state index in [2.05, 4.69) is 14.7 Å². The third-order valence-corrected chi connectivity index (χ3v) is 6.28. The first kappa shape index (κ1) is 23.9. The second-order valence-electron chi connectivity index (χ2n) is 8.86. The molecule has 1 aliphatic carbocycles. The fraction of sp³-hybridized carbons (Fsp3) is 0.143. The number of hydrogen-bond donors (Lipinski definition) is 2. The van der Waals surface area contributed by atoms with Gasteiger partial charge in [-0.2, -0.15) is 0 Å². The molecule has 0 radical (unpaired) electrons. The third kappa shape index (κ3) is 4.84. The summed E-state index contributed by atoms with van der Waals surface area (Å²) in [7, 11) is 1.78. The highest BCUT2D eigenvalue weighted by molar-refractivity contribution is 6.27. The maximum Gasteiger partial charge on any atom is 0.439 e. The first-order chi connectivity index (χ1) is 17.8. The number of hydrogen-bond acceptors (Lipinski definition) is 7. The Morgan fingerprint density at radius 1 is 1.08 bits per heavy atom. The summed E-state index contributed by atoms with van der Waals surface area (Å²) in [5.74, 6) is -2.62.